The molecule has 0 atom stereocenters. The molecule has 0 radical (unpaired) electrons. The fourth-order valence-corrected chi connectivity index (χ4v) is 2.42. The van der Waals surface area contributed by atoms with Crippen LogP contribution in [0, 0.1) is 0 Å². The molecule has 2 aliphatic carbocycles. The third kappa shape index (κ3) is 1.32. The van der Waals surface area contributed by atoms with Crippen molar-refractivity contribution in [3.8, 4) is 0 Å². The highest BCUT2D eigenvalue weighted by molar-refractivity contribution is 5.43. The van der Waals surface area contributed by atoms with Crippen molar-refractivity contribution in [3.05, 3.63) is 35.4 Å². The van der Waals surface area contributed by atoms with Crippen LogP contribution < -0.4 is 5.73 Å². The van der Waals surface area contributed by atoms with Gasteiger partial charge in [0.05, 0.1) is 5.60 Å². The molecule has 0 aliphatic heterocycles. The van der Waals surface area contributed by atoms with E-state index in [1.54, 1.807) is 7.11 Å². The fourth-order valence-electron chi connectivity index (χ4n) is 2.42. The first-order chi connectivity index (χ1) is 7.20. The molecule has 0 amide bonds. The molecule has 1 aromatic carbocycles. The zero-order valence-corrected chi connectivity index (χ0v) is 9.12. The molecule has 3 rings (SSSR count). The summed E-state index contributed by atoms with van der Waals surface area (Å²) < 4.78 is 5.64. The SMILES string of the molecule is COC1(c2ccccc2C2(N)CC2)CC1. The van der Waals surface area contributed by atoms with Crippen LogP contribution in [0.15, 0.2) is 24.3 Å². The van der Waals surface area contributed by atoms with E-state index >= 15 is 0 Å². The van der Waals surface area contributed by atoms with Crippen molar-refractivity contribution in [2.75, 3.05) is 7.11 Å². The Morgan fingerprint density at radius 2 is 1.67 bits per heavy atom. The van der Waals surface area contributed by atoms with Gasteiger partial charge >= 0.3 is 0 Å². The minimum absolute atomic E-state index is 0.00838. The maximum Gasteiger partial charge on any atom is 0.0933 e. The molecule has 2 nitrogen and oxygen atoms in total. The van der Waals surface area contributed by atoms with Crippen LogP contribution in [0.5, 0.6) is 0 Å². The van der Waals surface area contributed by atoms with Gasteiger partial charge in [0.1, 0.15) is 0 Å². The lowest BCUT2D eigenvalue weighted by Crippen LogP contribution is -2.24. The van der Waals surface area contributed by atoms with Crippen LogP contribution in [0.1, 0.15) is 36.8 Å². The summed E-state index contributed by atoms with van der Waals surface area (Å²) in [4.78, 5) is 0. The summed E-state index contributed by atoms with van der Waals surface area (Å²) in [5, 5.41) is 0. The number of rotatable bonds is 3. The van der Waals surface area contributed by atoms with Crippen molar-refractivity contribution in [3.63, 3.8) is 0 Å². The topological polar surface area (TPSA) is 35.2 Å². The highest BCUT2D eigenvalue weighted by Crippen LogP contribution is 2.54. The van der Waals surface area contributed by atoms with E-state index in [0.29, 0.717) is 0 Å². The molecule has 15 heavy (non-hydrogen) atoms. The van der Waals surface area contributed by atoms with E-state index in [-0.39, 0.29) is 11.1 Å². The van der Waals surface area contributed by atoms with E-state index in [1.165, 1.54) is 11.1 Å². The number of ether oxygens (including phenoxy) is 1. The van der Waals surface area contributed by atoms with Gasteiger partial charge < -0.3 is 10.5 Å². The lowest BCUT2D eigenvalue weighted by atomic mass is 9.94. The summed E-state index contributed by atoms with van der Waals surface area (Å²) in [5.41, 5.74) is 8.87. The third-order valence-electron chi connectivity index (χ3n) is 3.84. The Kier molecular flexibility index (Phi) is 1.77. The van der Waals surface area contributed by atoms with E-state index in [4.69, 9.17) is 10.5 Å². The van der Waals surface area contributed by atoms with Crippen LogP contribution in [0.4, 0.5) is 0 Å². The Balaban J connectivity index is 2.07. The highest BCUT2D eigenvalue weighted by atomic mass is 16.5. The van der Waals surface area contributed by atoms with Gasteiger partial charge in [-0.3, -0.25) is 0 Å². The molecular formula is C13H17NO. The van der Waals surface area contributed by atoms with Gasteiger partial charge in [0.15, 0.2) is 0 Å². The summed E-state index contributed by atoms with van der Waals surface area (Å²) in [6, 6.07) is 8.52. The summed E-state index contributed by atoms with van der Waals surface area (Å²) in [6.45, 7) is 0. The van der Waals surface area contributed by atoms with Gasteiger partial charge in [-0.15, -0.1) is 0 Å². The minimum atomic E-state index is -0.0509. The highest BCUT2D eigenvalue weighted by Gasteiger charge is 2.50. The smallest absolute Gasteiger partial charge is 0.0933 e. The second-order valence-corrected chi connectivity index (χ2v) is 4.90. The largest absolute Gasteiger partial charge is 0.374 e. The Hall–Kier alpha value is -0.860. The zero-order chi connectivity index (χ0) is 10.5. The molecule has 2 heteroatoms. The first-order valence-corrected chi connectivity index (χ1v) is 5.64. The molecule has 2 fully saturated rings. The third-order valence-corrected chi connectivity index (χ3v) is 3.84. The van der Waals surface area contributed by atoms with E-state index < -0.39 is 0 Å². The van der Waals surface area contributed by atoms with Crippen molar-refractivity contribution in [1.29, 1.82) is 0 Å². The maximum atomic E-state index is 6.29. The Bertz CT molecular complexity index is 391. The van der Waals surface area contributed by atoms with Crippen LogP contribution in [0.25, 0.3) is 0 Å². The van der Waals surface area contributed by atoms with Gasteiger partial charge in [0.25, 0.3) is 0 Å². The molecule has 0 bridgehead atoms. The normalized spacial score (nSPS) is 24.9. The van der Waals surface area contributed by atoms with E-state index in [0.717, 1.165) is 25.7 Å². The Morgan fingerprint density at radius 1 is 1.07 bits per heavy atom. The molecular weight excluding hydrogens is 186 g/mol. The standard InChI is InChI=1S/C13H17NO/c1-15-13(8-9-13)11-5-3-2-4-10(11)12(14)6-7-12/h2-5H,6-9,14H2,1H3. The minimum Gasteiger partial charge on any atom is -0.374 e. The Morgan fingerprint density at radius 3 is 2.13 bits per heavy atom. The molecule has 2 saturated carbocycles. The van der Waals surface area contributed by atoms with E-state index in [9.17, 15) is 0 Å². The fraction of sp³-hybridized carbons (Fsp3) is 0.538. The van der Waals surface area contributed by atoms with Crippen LogP contribution >= 0.6 is 0 Å². The van der Waals surface area contributed by atoms with Crippen LogP contribution in [-0.4, -0.2) is 7.11 Å². The summed E-state index contributed by atoms with van der Waals surface area (Å²) in [5.74, 6) is 0. The van der Waals surface area contributed by atoms with Crippen LogP contribution in [0.3, 0.4) is 0 Å². The second-order valence-electron chi connectivity index (χ2n) is 4.90. The quantitative estimate of drug-likeness (QED) is 0.818. The summed E-state index contributed by atoms with van der Waals surface area (Å²) in [6.07, 6.45) is 4.50. The van der Waals surface area contributed by atoms with E-state index in [2.05, 4.69) is 24.3 Å². The molecule has 2 N–H and O–H groups in total. The Labute approximate surface area is 90.4 Å². The zero-order valence-electron chi connectivity index (χ0n) is 9.12. The van der Waals surface area contributed by atoms with Crippen molar-refractivity contribution in [2.45, 2.75) is 36.8 Å². The predicted octanol–water partition coefficient (Wildman–Crippen LogP) is 2.27. The number of benzene rings is 1. The second kappa shape index (κ2) is 2.83. The molecule has 0 heterocycles. The molecule has 0 spiro atoms. The molecule has 0 aromatic heterocycles. The van der Waals surface area contributed by atoms with Gasteiger partial charge in [0, 0.05) is 12.6 Å². The number of methoxy groups -OCH3 is 1. The van der Waals surface area contributed by atoms with Gasteiger partial charge in [-0.05, 0) is 36.8 Å². The van der Waals surface area contributed by atoms with Crippen LogP contribution in [0.2, 0.25) is 0 Å². The number of hydrogen-bond donors (Lipinski definition) is 1. The average Bonchev–Trinajstić information content (AvgIpc) is 3.15. The van der Waals surface area contributed by atoms with Gasteiger partial charge in [-0.1, -0.05) is 24.3 Å². The molecule has 1 aromatic rings. The number of hydrogen-bond acceptors (Lipinski definition) is 2. The lowest BCUT2D eigenvalue weighted by molar-refractivity contribution is 0.0777. The van der Waals surface area contributed by atoms with Gasteiger partial charge in [-0.2, -0.15) is 0 Å². The predicted molar refractivity (Wildman–Crippen MR) is 59.5 cm³/mol. The molecule has 80 valence electrons. The lowest BCUT2D eigenvalue weighted by Gasteiger charge is -2.21. The van der Waals surface area contributed by atoms with Crippen LogP contribution in [-0.2, 0) is 15.9 Å². The summed E-state index contributed by atoms with van der Waals surface area (Å²) in [7, 11) is 1.81. The summed E-state index contributed by atoms with van der Waals surface area (Å²) >= 11 is 0. The molecule has 2 aliphatic rings. The van der Waals surface area contributed by atoms with E-state index in [1.807, 2.05) is 0 Å². The van der Waals surface area contributed by atoms with Crippen molar-refractivity contribution in [1.82, 2.24) is 0 Å². The average molecular weight is 203 g/mol. The van der Waals surface area contributed by atoms with Crippen molar-refractivity contribution < 1.29 is 4.74 Å². The maximum absolute atomic E-state index is 6.29. The first kappa shape index (κ1) is 9.37. The molecule has 0 saturated heterocycles. The monoisotopic (exact) mass is 203 g/mol. The van der Waals surface area contributed by atoms with Crippen molar-refractivity contribution >= 4 is 0 Å². The van der Waals surface area contributed by atoms with Crippen molar-refractivity contribution in [2.24, 2.45) is 5.73 Å². The molecule has 0 unspecified atom stereocenters. The van der Waals surface area contributed by atoms with Gasteiger partial charge in [0.2, 0.25) is 0 Å². The number of nitrogens with two attached hydrogens (primary N) is 1. The van der Waals surface area contributed by atoms with Gasteiger partial charge in [-0.25, -0.2) is 0 Å². The first-order valence-electron chi connectivity index (χ1n) is 5.64.